The lowest BCUT2D eigenvalue weighted by atomic mass is 9.59. The molecule has 1 aliphatic heterocycles. The number of carbonyl (C=O) groups is 1. The minimum Gasteiger partial charge on any atom is -0.459 e. The molecule has 0 N–H and O–H groups in total. The van der Waals surface area contributed by atoms with Crippen LogP contribution in [0, 0.1) is 35.5 Å². The second-order valence-corrected chi connectivity index (χ2v) is 16.7. The Labute approximate surface area is 243 Å². The average Bonchev–Trinajstić information content (AvgIpc) is 3.12. The van der Waals surface area contributed by atoms with Gasteiger partial charge in [0, 0.05) is 18.8 Å². The molecule has 0 bridgehead atoms. The SMILES string of the molecule is CC.CC1=C(C)C(=O)OC(CC2CCC3C4C/C=C(\C)CC(C)CC(C)C(C)(I)C4CCC23I)C1. The molecular formula is C31H50I2O2. The van der Waals surface area contributed by atoms with Gasteiger partial charge in [-0.3, -0.25) is 0 Å². The summed E-state index contributed by atoms with van der Waals surface area (Å²) in [6, 6.07) is 0. The number of fused-ring (bicyclic) bond motifs is 3. The average molecular weight is 709 g/mol. The van der Waals surface area contributed by atoms with Crippen molar-refractivity contribution < 1.29 is 9.53 Å². The van der Waals surface area contributed by atoms with Gasteiger partial charge in [-0.15, -0.1) is 0 Å². The fraction of sp³-hybridized carbons (Fsp3) is 0.839. The standard InChI is InChI=1S/C29H44I2O2.C2H6/c1-17-7-9-24-25(28(6,30)20(4)14-18(2)13-17)11-12-29(31)22(8-10-26(24)29)16-23-15-19(3)21(5)27(32)33-23;1-2/h7,18,20,22-26H,8-16H2,1-6H3;1-2H3/b17-7+;. The van der Waals surface area contributed by atoms with Crippen LogP contribution in [0.1, 0.15) is 113 Å². The van der Waals surface area contributed by atoms with Crippen LogP contribution in [0.15, 0.2) is 22.8 Å². The van der Waals surface area contributed by atoms with Gasteiger partial charge in [-0.2, -0.15) is 0 Å². The van der Waals surface area contributed by atoms with Crippen LogP contribution in [-0.2, 0) is 9.53 Å². The van der Waals surface area contributed by atoms with E-state index in [4.69, 9.17) is 4.74 Å². The minimum atomic E-state index is -0.0821. The third-order valence-corrected chi connectivity index (χ3v) is 14.2. The van der Waals surface area contributed by atoms with Crippen LogP contribution in [-0.4, -0.2) is 18.9 Å². The number of ether oxygens (including phenoxy) is 1. The van der Waals surface area contributed by atoms with Gasteiger partial charge in [0.15, 0.2) is 0 Å². The molecule has 0 amide bonds. The van der Waals surface area contributed by atoms with Gasteiger partial charge in [0.25, 0.3) is 0 Å². The first-order valence-corrected chi connectivity index (χ1v) is 16.5. The van der Waals surface area contributed by atoms with E-state index in [1.807, 2.05) is 20.8 Å². The second kappa shape index (κ2) is 12.1. The topological polar surface area (TPSA) is 26.3 Å². The Morgan fingerprint density at radius 2 is 1.71 bits per heavy atom. The van der Waals surface area contributed by atoms with Gasteiger partial charge in [0.2, 0.25) is 0 Å². The van der Waals surface area contributed by atoms with Crippen molar-refractivity contribution in [1.82, 2.24) is 0 Å². The van der Waals surface area contributed by atoms with Crippen molar-refractivity contribution in [3.8, 4) is 0 Å². The van der Waals surface area contributed by atoms with E-state index < -0.39 is 0 Å². The van der Waals surface area contributed by atoms with Crippen LogP contribution in [0.2, 0.25) is 0 Å². The normalized spacial score (nSPS) is 45.8. The Morgan fingerprint density at radius 3 is 2.37 bits per heavy atom. The molecule has 9 atom stereocenters. The number of esters is 1. The van der Waals surface area contributed by atoms with Gasteiger partial charge in [-0.05, 0) is 108 Å². The van der Waals surface area contributed by atoms with Crippen LogP contribution in [0.5, 0.6) is 0 Å². The Hall–Kier alpha value is 0.410. The van der Waals surface area contributed by atoms with Crippen molar-refractivity contribution in [1.29, 1.82) is 0 Å². The predicted octanol–water partition coefficient (Wildman–Crippen LogP) is 9.88. The molecule has 35 heavy (non-hydrogen) atoms. The van der Waals surface area contributed by atoms with Gasteiger partial charge >= 0.3 is 5.97 Å². The van der Waals surface area contributed by atoms with Gasteiger partial charge in [-0.1, -0.05) is 97.0 Å². The smallest absolute Gasteiger partial charge is 0.333 e. The summed E-state index contributed by atoms with van der Waals surface area (Å²) in [5.74, 6) is 4.50. The molecule has 0 radical (unpaired) electrons. The summed E-state index contributed by atoms with van der Waals surface area (Å²) in [5.41, 5.74) is 3.67. The van der Waals surface area contributed by atoms with Crippen molar-refractivity contribution in [2.75, 3.05) is 0 Å². The first-order valence-electron chi connectivity index (χ1n) is 14.3. The number of carbonyl (C=O) groups excluding carboxylic acids is 1. The Bertz CT molecular complexity index is 828. The number of alkyl halides is 2. The number of allylic oxidation sites excluding steroid dienone is 2. The molecule has 4 aliphatic rings. The quantitative estimate of drug-likeness (QED) is 0.124. The molecule has 0 aromatic carbocycles. The molecule has 0 spiro atoms. The lowest BCUT2D eigenvalue weighted by Crippen LogP contribution is -2.51. The van der Waals surface area contributed by atoms with Gasteiger partial charge in [-0.25, -0.2) is 4.79 Å². The van der Waals surface area contributed by atoms with Crippen LogP contribution >= 0.6 is 45.2 Å². The van der Waals surface area contributed by atoms with Gasteiger partial charge in [0.05, 0.1) is 0 Å². The molecule has 9 unspecified atom stereocenters. The van der Waals surface area contributed by atoms with Crippen LogP contribution in [0.25, 0.3) is 0 Å². The van der Waals surface area contributed by atoms with Crippen molar-refractivity contribution in [3.63, 3.8) is 0 Å². The van der Waals surface area contributed by atoms with Crippen LogP contribution in [0.3, 0.4) is 0 Å². The van der Waals surface area contributed by atoms with Crippen molar-refractivity contribution in [2.24, 2.45) is 35.5 Å². The van der Waals surface area contributed by atoms with E-state index in [-0.39, 0.29) is 12.1 Å². The molecule has 4 heteroatoms. The number of halogens is 2. The zero-order valence-corrected chi connectivity index (χ0v) is 27.9. The molecule has 1 heterocycles. The first kappa shape index (κ1) is 30.0. The second-order valence-electron chi connectivity index (χ2n) is 12.4. The third-order valence-electron chi connectivity index (χ3n) is 10.1. The van der Waals surface area contributed by atoms with E-state index in [0.717, 1.165) is 48.0 Å². The lowest BCUT2D eigenvalue weighted by Gasteiger charge is -2.53. The fourth-order valence-electron chi connectivity index (χ4n) is 7.99. The Morgan fingerprint density at radius 1 is 1.03 bits per heavy atom. The highest BCUT2D eigenvalue weighted by molar-refractivity contribution is 14.1. The molecule has 200 valence electrons. The van der Waals surface area contributed by atoms with E-state index in [2.05, 4.69) is 85.9 Å². The highest BCUT2D eigenvalue weighted by Crippen LogP contribution is 2.63. The molecule has 0 aromatic rings. The molecular weight excluding hydrogens is 658 g/mol. The lowest BCUT2D eigenvalue weighted by molar-refractivity contribution is -0.146. The van der Waals surface area contributed by atoms with E-state index in [1.54, 1.807) is 5.57 Å². The highest BCUT2D eigenvalue weighted by atomic mass is 127. The van der Waals surface area contributed by atoms with Crippen molar-refractivity contribution in [2.45, 2.75) is 126 Å². The van der Waals surface area contributed by atoms with E-state index in [1.165, 1.54) is 50.5 Å². The number of hydrogen-bond donors (Lipinski definition) is 0. The van der Waals surface area contributed by atoms with E-state index >= 15 is 0 Å². The Balaban J connectivity index is 0.00000167. The van der Waals surface area contributed by atoms with Crippen molar-refractivity contribution >= 4 is 51.2 Å². The summed E-state index contributed by atoms with van der Waals surface area (Å²) >= 11 is 5.76. The number of rotatable bonds is 2. The van der Waals surface area contributed by atoms with E-state index in [9.17, 15) is 4.79 Å². The monoisotopic (exact) mass is 708 g/mol. The largest absolute Gasteiger partial charge is 0.459 e. The molecule has 2 nitrogen and oxygen atoms in total. The van der Waals surface area contributed by atoms with E-state index in [0.29, 0.717) is 12.8 Å². The summed E-state index contributed by atoms with van der Waals surface area (Å²) < 4.78 is 6.62. The summed E-state index contributed by atoms with van der Waals surface area (Å²) in [5, 5.41) is 0. The molecule has 2 fully saturated rings. The maximum absolute atomic E-state index is 12.3. The third kappa shape index (κ3) is 6.19. The first-order chi connectivity index (χ1) is 16.4. The predicted molar refractivity (Wildman–Crippen MR) is 166 cm³/mol. The molecule has 2 saturated carbocycles. The fourth-order valence-corrected chi connectivity index (χ4v) is 10.7. The number of hydrogen-bond acceptors (Lipinski definition) is 2. The maximum atomic E-state index is 12.3. The molecule has 4 rings (SSSR count). The maximum Gasteiger partial charge on any atom is 0.333 e. The van der Waals surface area contributed by atoms with Crippen LogP contribution in [0.4, 0.5) is 0 Å². The molecule has 0 aromatic heterocycles. The summed E-state index contributed by atoms with van der Waals surface area (Å²) in [6.07, 6.45) is 13.9. The van der Waals surface area contributed by atoms with Crippen LogP contribution < -0.4 is 0 Å². The minimum absolute atomic E-state index is 0.0804. The van der Waals surface area contributed by atoms with Gasteiger partial charge in [0.1, 0.15) is 6.10 Å². The zero-order chi connectivity index (χ0) is 26.1. The summed E-state index contributed by atoms with van der Waals surface area (Å²) in [6.45, 7) is 18.0. The molecule has 0 saturated heterocycles. The van der Waals surface area contributed by atoms with Gasteiger partial charge < -0.3 is 4.74 Å². The zero-order valence-electron chi connectivity index (χ0n) is 23.6. The van der Waals surface area contributed by atoms with Crippen molar-refractivity contribution in [3.05, 3.63) is 22.8 Å². The number of cyclic esters (lactones) is 1. The summed E-state index contributed by atoms with van der Waals surface area (Å²) in [4.78, 5) is 12.3. The summed E-state index contributed by atoms with van der Waals surface area (Å²) in [7, 11) is 0. The Kier molecular flexibility index (Phi) is 10.3. The highest BCUT2D eigenvalue weighted by Gasteiger charge is 2.58. The molecule has 3 aliphatic carbocycles.